The summed E-state index contributed by atoms with van der Waals surface area (Å²) >= 11 is 3.66. The summed E-state index contributed by atoms with van der Waals surface area (Å²) in [7, 11) is 0. The Hall–Kier alpha value is -2.80. The number of carbonyl (C=O) groups excluding carboxylic acids is 1. The molecule has 1 fully saturated rings. The molecule has 0 radical (unpaired) electrons. The van der Waals surface area contributed by atoms with Gasteiger partial charge in [-0.1, -0.05) is 30.3 Å². The van der Waals surface area contributed by atoms with Crippen molar-refractivity contribution in [1.29, 1.82) is 0 Å². The summed E-state index contributed by atoms with van der Waals surface area (Å²) in [5.41, 5.74) is 3.86. The predicted molar refractivity (Wildman–Crippen MR) is 122 cm³/mol. The van der Waals surface area contributed by atoms with Crippen LogP contribution in [0.3, 0.4) is 0 Å². The van der Waals surface area contributed by atoms with Crippen molar-refractivity contribution in [2.45, 2.75) is 32.4 Å². The summed E-state index contributed by atoms with van der Waals surface area (Å²) in [4.78, 5) is 30.4. The van der Waals surface area contributed by atoms with Crippen LogP contribution in [-0.2, 0) is 11.3 Å². The van der Waals surface area contributed by atoms with E-state index < -0.39 is 0 Å². The van der Waals surface area contributed by atoms with Crippen LogP contribution in [-0.4, -0.2) is 38.0 Å². The van der Waals surface area contributed by atoms with Crippen molar-refractivity contribution in [3.63, 3.8) is 0 Å². The molecule has 1 amide bonds. The lowest BCUT2D eigenvalue weighted by atomic mass is 10.0. The summed E-state index contributed by atoms with van der Waals surface area (Å²) < 4.78 is 4.99. The molecule has 7 heteroatoms. The summed E-state index contributed by atoms with van der Waals surface area (Å²) in [5, 5.41) is 1.13. The number of benzene rings is 2. The van der Waals surface area contributed by atoms with Gasteiger partial charge in [0.05, 0.1) is 11.0 Å². The topological polar surface area (TPSA) is 63.0 Å². The van der Waals surface area contributed by atoms with E-state index in [0.717, 1.165) is 44.9 Å². The van der Waals surface area contributed by atoms with Crippen molar-refractivity contribution in [2.24, 2.45) is 0 Å². The number of halogens is 1. The first kappa shape index (κ1) is 19.2. The lowest BCUT2D eigenvalue weighted by Crippen LogP contribution is -2.42. The number of likely N-dealkylation sites (tertiary alicyclic amines) is 1. The summed E-state index contributed by atoms with van der Waals surface area (Å²) in [6.45, 7) is 3.69. The zero-order valence-corrected chi connectivity index (χ0v) is 18.4. The van der Waals surface area contributed by atoms with E-state index in [1.54, 1.807) is 0 Å². The van der Waals surface area contributed by atoms with Gasteiger partial charge in [0.2, 0.25) is 5.91 Å². The van der Waals surface area contributed by atoms with Gasteiger partial charge in [-0.25, -0.2) is 4.79 Å². The molecule has 2 aromatic carbocycles. The summed E-state index contributed by atoms with van der Waals surface area (Å²) in [5.74, 6) is 0.121. The number of amides is 1. The maximum atomic E-state index is 13.1. The van der Waals surface area contributed by atoms with Gasteiger partial charge in [-0.15, -0.1) is 0 Å². The van der Waals surface area contributed by atoms with Crippen molar-refractivity contribution in [1.82, 2.24) is 19.0 Å². The van der Waals surface area contributed by atoms with Crippen LogP contribution < -0.4 is 5.69 Å². The van der Waals surface area contributed by atoms with Gasteiger partial charge in [0.1, 0.15) is 6.54 Å². The van der Waals surface area contributed by atoms with E-state index in [9.17, 15) is 9.59 Å². The molecule has 4 aromatic rings. The highest BCUT2D eigenvalue weighted by Gasteiger charge is 2.26. The van der Waals surface area contributed by atoms with Crippen LogP contribution in [0, 0.1) is 6.92 Å². The van der Waals surface area contributed by atoms with Gasteiger partial charge in [0.15, 0.2) is 0 Å². The molecule has 0 spiro atoms. The maximum Gasteiger partial charge on any atom is 0.326 e. The van der Waals surface area contributed by atoms with E-state index in [0.29, 0.717) is 19.6 Å². The number of aromatic amines is 1. The number of fused-ring (bicyclic) bond motifs is 2. The number of aromatic nitrogens is 3. The van der Waals surface area contributed by atoms with E-state index in [1.165, 1.54) is 0 Å². The first-order valence-corrected chi connectivity index (χ1v) is 11.0. The molecule has 6 nitrogen and oxygen atoms in total. The van der Waals surface area contributed by atoms with Crippen LogP contribution >= 0.6 is 15.9 Å². The molecule has 1 aliphatic rings. The third-order valence-corrected chi connectivity index (χ3v) is 7.25. The molecule has 5 rings (SSSR count). The smallest absolute Gasteiger partial charge is 0.326 e. The maximum absolute atomic E-state index is 13.1. The van der Waals surface area contributed by atoms with E-state index in [-0.39, 0.29) is 17.6 Å². The minimum absolute atomic E-state index is 0.0692. The van der Waals surface area contributed by atoms with Crippen LogP contribution in [0.4, 0.5) is 0 Å². The second kappa shape index (κ2) is 7.47. The molecule has 0 aliphatic carbocycles. The normalized spacial score (nSPS) is 15.3. The fourth-order valence-corrected chi connectivity index (χ4v) is 5.19. The molecule has 0 saturated carbocycles. The standard InChI is InChI=1S/C23H23BrN4O2/c1-15-22(24)17-6-2-4-8-19(17)27(15)14-21(29)26-12-10-16(11-13-26)28-20-9-5-3-7-18(20)25-23(28)30/h2-9,16H,10-14H2,1H3,(H,25,30). The second-order valence-electron chi connectivity index (χ2n) is 7.93. The van der Waals surface area contributed by atoms with Crippen molar-refractivity contribution in [2.75, 3.05) is 13.1 Å². The van der Waals surface area contributed by atoms with Crippen molar-refractivity contribution >= 4 is 43.8 Å². The van der Waals surface area contributed by atoms with Crippen molar-refractivity contribution < 1.29 is 4.79 Å². The molecular weight excluding hydrogens is 444 g/mol. The van der Waals surface area contributed by atoms with Gasteiger partial charge < -0.3 is 14.5 Å². The van der Waals surface area contributed by atoms with Crippen LogP contribution in [0.1, 0.15) is 24.6 Å². The number of piperidine rings is 1. The minimum atomic E-state index is -0.0692. The van der Waals surface area contributed by atoms with Gasteiger partial charge in [-0.3, -0.25) is 9.36 Å². The van der Waals surface area contributed by atoms with E-state index in [4.69, 9.17) is 0 Å². The Morgan fingerprint density at radius 1 is 1.07 bits per heavy atom. The van der Waals surface area contributed by atoms with E-state index >= 15 is 0 Å². The number of imidazole rings is 1. The fraction of sp³-hybridized carbons (Fsp3) is 0.304. The Morgan fingerprint density at radius 2 is 1.73 bits per heavy atom. The lowest BCUT2D eigenvalue weighted by Gasteiger charge is -2.33. The second-order valence-corrected chi connectivity index (χ2v) is 8.72. The monoisotopic (exact) mass is 466 g/mol. The number of hydrogen-bond donors (Lipinski definition) is 1. The first-order valence-electron chi connectivity index (χ1n) is 10.2. The highest BCUT2D eigenvalue weighted by molar-refractivity contribution is 9.10. The molecule has 1 N–H and O–H groups in total. The number of carbonyl (C=O) groups is 1. The Morgan fingerprint density at radius 3 is 2.50 bits per heavy atom. The molecule has 1 saturated heterocycles. The molecular formula is C23H23BrN4O2. The van der Waals surface area contributed by atoms with Crippen molar-refractivity contribution in [3.8, 4) is 0 Å². The molecule has 3 heterocycles. The third kappa shape index (κ3) is 3.08. The van der Waals surface area contributed by atoms with Gasteiger partial charge >= 0.3 is 5.69 Å². The van der Waals surface area contributed by atoms with Gasteiger partial charge in [0.25, 0.3) is 0 Å². The van der Waals surface area contributed by atoms with Crippen LogP contribution in [0.2, 0.25) is 0 Å². The van der Waals surface area contributed by atoms with Gasteiger partial charge in [0, 0.05) is 40.2 Å². The first-order chi connectivity index (χ1) is 14.5. The molecule has 154 valence electrons. The quantitative estimate of drug-likeness (QED) is 0.491. The van der Waals surface area contributed by atoms with Crippen LogP contribution in [0.25, 0.3) is 21.9 Å². The molecule has 0 unspecified atom stereocenters. The third-order valence-electron chi connectivity index (χ3n) is 6.25. The molecule has 2 aromatic heterocycles. The molecule has 0 atom stereocenters. The Bertz CT molecular complexity index is 1310. The molecule has 30 heavy (non-hydrogen) atoms. The highest BCUT2D eigenvalue weighted by atomic mass is 79.9. The lowest BCUT2D eigenvalue weighted by molar-refractivity contribution is -0.133. The zero-order chi connectivity index (χ0) is 20.8. The predicted octanol–water partition coefficient (Wildman–Crippen LogP) is 4.22. The van der Waals surface area contributed by atoms with Crippen molar-refractivity contribution in [3.05, 3.63) is 69.2 Å². The number of hydrogen-bond acceptors (Lipinski definition) is 2. The average molecular weight is 467 g/mol. The average Bonchev–Trinajstić information content (AvgIpc) is 3.23. The minimum Gasteiger partial charge on any atom is -0.341 e. The molecule has 1 aliphatic heterocycles. The van der Waals surface area contributed by atoms with Crippen LogP contribution in [0.5, 0.6) is 0 Å². The number of H-pyrrole nitrogens is 1. The Kier molecular flexibility index (Phi) is 4.77. The van der Waals surface area contributed by atoms with E-state index in [2.05, 4.69) is 37.6 Å². The largest absolute Gasteiger partial charge is 0.341 e. The number of para-hydroxylation sites is 3. The molecule has 0 bridgehead atoms. The Labute approximate surface area is 182 Å². The summed E-state index contributed by atoms with van der Waals surface area (Å²) in [6, 6.07) is 16.0. The van der Waals surface area contributed by atoms with Gasteiger partial charge in [-0.05, 0) is 53.9 Å². The fourth-order valence-electron chi connectivity index (χ4n) is 4.64. The van der Waals surface area contributed by atoms with Gasteiger partial charge in [-0.2, -0.15) is 0 Å². The summed E-state index contributed by atoms with van der Waals surface area (Å²) in [6.07, 6.45) is 1.56. The SMILES string of the molecule is Cc1c(Br)c2ccccc2n1CC(=O)N1CCC(n2c(=O)[nH]c3ccccc32)CC1. The highest BCUT2D eigenvalue weighted by Crippen LogP contribution is 2.31. The van der Waals surface area contributed by atoms with E-state index in [1.807, 2.05) is 52.8 Å². The Balaban J connectivity index is 1.33. The van der Waals surface area contributed by atoms with Crippen LogP contribution in [0.15, 0.2) is 57.8 Å². The number of nitrogens with zero attached hydrogens (tertiary/aromatic N) is 3. The number of rotatable bonds is 3. The number of nitrogens with one attached hydrogen (secondary N) is 1. The zero-order valence-electron chi connectivity index (χ0n) is 16.8.